The number of hydrogen-bond acceptors (Lipinski definition) is 6. The third-order valence-corrected chi connectivity index (χ3v) is 6.79. The van der Waals surface area contributed by atoms with Crippen molar-refractivity contribution >= 4 is 45.7 Å². The lowest BCUT2D eigenvalue weighted by Crippen LogP contribution is -2.49. The minimum absolute atomic E-state index is 0.00553. The first-order valence-corrected chi connectivity index (χ1v) is 10.9. The van der Waals surface area contributed by atoms with Crippen LogP contribution in [0.2, 0.25) is 0 Å². The van der Waals surface area contributed by atoms with Gasteiger partial charge in [-0.2, -0.15) is 0 Å². The molecular weight excluding hydrogens is 364 g/mol. The van der Waals surface area contributed by atoms with Crippen molar-refractivity contribution in [2.75, 3.05) is 5.75 Å². The van der Waals surface area contributed by atoms with Crippen LogP contribution >= 0.6 is 21.6 Å². The standard InChI is InChI=1S/C16H26N2O5S2/c1-11(10-19)17-16(23)13(6-7-15(21)22)18-14(20)5-3-2-4-12-8-9-24-25-12/h10-13H,2-9H2,1H3,(H,17,23)(H,18,20)(H,21,22)/t11-,12-,13-/m0/s1. The molecule has 2 amide bonds. The number of amides is 2. The highest BCUT2D eigenvalue weighted by Gasteiger charge is 2.23. The summed E-state index contributed by atoms with van der Waals surface area (Å²) in [5.41, 5.74) is 0. The summed E-state index contributed by atoms with van der Waals surface area (Å²) in [4.78, 5) is 45.5. The van der Waals surface area contributed by atoms with Gasteiger partial charge in [-0.05, 0) is 32.6 Å². The van der Waals surface area contributed by atoms with Gasteiger partial charge in [0.25, 0.3) is 0 Å². The Morgan fingerprint density at radius 1 is 1.24 bits per heavy atom. The monoisotopic (exact) mass is 390 g/mol. The number of rotatable bonds is 12. The largest absolute Gasteiger partial charge is 0.481 e. The fourth-order valence-electron chi connectivity index (χ4n) is 2.38. The van der Waals surface area contributed by atoms with E-state index in [1.807, 2.05) is 21.6 Å². The molecule has 3 N–H and O–H groups in total. The van der Waals surface area contributed by atoms with Crippen molar-refractivity contribution < 1.29 is 24.3 Å². The van der Waals surface area contributed by atoms with Crippen molar-refractivity contribution in [3.63, 3.8) is 0 Å². The normalized spacial score (nSPS) is 19.0. The lowest BCUT2D eigenvalue weighted by atomic mass is 10.1. The van der Waals surface area contributed by atoms with Gasteiger partial charge in [0.2, 0.25) is 11.8 Å². The van der Waals surface area contributed by atoms with Crippen molar-refractivity contribution in [1.82, 2.24) is 10.6 Å². The number of carboxylic acid groups (broad SMARTS) is 1. The van der Waals surface area contributed by atoms with Gasteiger partial charge in [0.05, 0.1) is 6.04 Å². The van der Waals surface area contributed by atoms with E-state index in [-0.39, 0.29) is 18.7 Å². The van der Waals surface area contributed by atoms with Gasteiger partial charge in [-0.3, -0.25) is 14.4 Å². The van der Waals surface area contributed by atoms with E-state index >= 15 is 0 Å². The molecule has 0 saturated carbocycles. The predicted molar refractivity (Wildman–Crippen MR) is 99.4 cm³/mol. The van der Waals surface area contributed by atoms with Crippen LogP contribution in [0.15, 0.2) is 0 Å². The molecular formula is C16H26N2O5S2. The van der Waals surface area contributed by atoms with Crippen molar-refractivity contribution in [3.05, 3.63) is 0 Å². The smallest absolute Gasteiger partial charge is 0.303 e. The molecule has 9 heteroatoms. The Bertz CT molecular complexity index is 469. The second-order valence-corrected chi connectivity index (χ2v) is 8.85. The number of hydrogen-bond donors (Lipinski definition) is 3. The SMILES string of the molecule is C[C@@H](C=O)NC(=O)[C@H](CCC(=O)O)NC(=O)CCCC[C@H]1CCSS1. The molecule has 0 radical (unpaired) electrons. The summed E-state index contributed by atoms with van der Waals surface area (Å²) in [6, 6.07) is -1.62. The summed E-state index contributed by atoms with van der Waals surface area (Å²) < 4.78 is 0. The Kier molecular flexibility index (Phi) is 10.6. The van der Waals surface area contributed by atoms with E-state index in [0.29, 0.717) is 18.0 Å². The fourth-order valence-corrected chi connectivity index (χ4v) is 5.41. The van der Waals surface area contributed by atoms with Crippen LogP contribution in [0.1, 0.15) is 51.9 Å². The zero-order valence-electron chi connectivity index (χ0n) is 14.4. The van der Waals surface area contributed by atoms with Gasteiger partial charge < -0.3 is 20.5 Å². The molecule has 0 aromatic rings. The first kappa shape index (κ1) is 21.8. The van der Waals surface area contributed by atoms with E-state index in [4.69, 9.17) is 5.11 Å². The summed E-state index contributed by atoms with van der Waals surface area (Å²) in [6.45, 7) is 1.51. The number of nitrogens with one attached hydrogen (secondary N) is 2. The number of carboxylic acids is 1. The van der Waals surface area contributed by atoms with Crippen molar-refractivity contribution in [1.29, 1.82) is 0 Å². The maximum Gasteiger partial charge on any atom is 0.303 e. The van der Waals surface area contributed by atoms with E-state index in [2.05, 4.69) is 10.6 Å². The number of aldehydes is 1. The zero-order valence-corrected chi connectivity index (χ0v) is 16.0. The van der Waals surface area contributed by atoms with Gasteiger partial charge in [-0.15, -0.1) is 0 Å². The maximum atomic E-state index is 12.1. The molecule has 0 bridgehead atoms. The van der Waals surface area contributed by atoms with Gasteiger partial charge in [-0.25, -0.2) is 0 Å². The molecule has 0 spiro atoms. The lowest BCUT2D eigenvalue weighted by Gasteiger charge is -2.19. The van der Waals surface area contributed by atoms with Crippen LogP contribution in [0.25, 0.3) is 0 Å². The van der Waals surface area contributed by atoms with Crippen LogP contribution in [0, 0.1) is 0 Å². The van der Waals surface area contributed by atoms with Crippen LogP contribution in [-0.4, -0.2) is 52.3 Å². The molecule has 1 fully saturated rings. The number of aliphatic carboxylic acids is 1. The Labute approximate surface area is 155 Å². The zero-order chi connectivity index (χ0) is 18.7. The molecule has 25 heavy (non-hydrogen) atoms. The second kappa shape index (κ2) is 12.2. The van der Waals surface area contributed by atoms with Gasteiger partial charge in [0.1, 0.15) is 12.3 Å². The third-order valence-electron chi connectivity index (χ3n) is 3.78. The lowest BCUT2D eigenvalue weighted by molar-refractivity contribution is -0.138. The average Bonchev–Trinajstić information content (AvgIpc) is 3.08. The molecule has 0 aromatic carbocycles. The van der Waals surface area contributed by atoms with Crippen LogP contribution in [-0.2, 0) is 19.2 Å². The molecule has 1 aliphatic rings. The Morgan fingerprint density at radius 3 is 2.60 bits per heavy atom. The topological polar surface area (TPSA) is 113 Å². The predicted octanol–water partition coefficient (Wildman–Crippen LogP) is 1.75. The van der Waals surface area contributed by atoms with E-state index in [1.54, 1.807) is 0 Å². The molecule has 1 heterocycles. The van der Waals surface area contributed by atoms with E-state index < -0.39 is 24.0 Å². The van der Waals surface area contributed by atoms with Gasteiger partial charge >= 0.3 is 5.97 Å². The Hall–Kier alpha value is -1.22. The highest BCUT2D eigenvalue weighted by molar-refractivity contribution is 8.77. The van der Waals surface area contributed by atoms with Crippen LogP contribution in [0.5, 0.6) is 0 Å². The van der Waals surface area contributed by atoms with Crippen LogP contribution < -0.4 is 10.6 Å². The fraction of sp³-hybridized carbons (Fsp3) is 0.750. The summed E-state index contributed by atoms with van der Waals surface area (Å²) in [6.07, 6.45) is 4.65. The maximum absolute atomic E-state index is 12.1. The molecule has 7 nitrogen and oxygen atoms in total. The van der Waals surface area contributed by atoms with E-state index in [1.165, 1.54) is 19.1 Å². The molecule has 0 aliphatic carbocycles. The Balaban J connectivity index is 2.36. The second-order valence-electron chi connectivity index (χ2n) is 6.06. The summed E-state index contributed by atoms with van der Waals surface area (Å²) in [5.74, 6) is -0.649. The quantitative estimate of drug-likeness (QED) is 0.264. The molecule has 0 aromatic heterocycles. The Morgan fingerprint density at radius 2 is 2.00 bits per heavy atom. The number of carbonyl (C=O) groups is 4. The van der Waals surface area contributed by atoms with E-state index in [0.717, 1.165) is 19.3 Å². The van der Waals surface area contributed by atoms with Crippen LogP contribution in [0.3, 0.4) is 0 Å². The first-order chi connectivity index (χ1) is 11.9. The number of carbonyl (C=O) groups excluding carboxylic acids is 3. The molecule has 0 unspecified atom stereocenters. The van der Waals surface area contributed by atoms with Gasteiger partial charge in [0, 0.05) is 23.8 Å². The molecule has 3 atom stereocenters. The average molecular weight is 391 g/mol. The third kappa shape index (κ3) is 9.74. The van der Waals surface area contributed by atoms with E-state index in [9.17, 15) is 19.2 Å². The molecule has 142 valence electrons. The summed E-state index contributed by atoms with van der Waals surface area (Å²) in [5, 5.41) is 14.5. The molecule has 1 saturated heterocycles. The molecule has 1 rings (SSSR count). The highest BCUT2D eigenvalue weighted by Crippen LogP contribution is 2.39. The summed E-state index contributed by atoms with van der Waals surface area (Å²) >= 11 is 0. The van der Waals surface area contributed by atoms with Crippen molar-refractivity contribution in [2.45, 2.75) is 69.2 Å². The van der Waals surface area contributed by atoms with Gasteiger partial charge in [-0.1, -0.05) is 28.0 Å². The minimum Gasteiger partial charge on any atom is -0.481 e. The molecule has 1 aliphatic heterocycles. The van der Waals surface area contributed by atoms with Crippen LogP contribution in [0.4, 0.5) is 0 Å². The van der Waals surface area contributed by atoms with Crippen molar-refractivity contribution in [3.8, 4) is 0 Å². The summed E-state index contributed by atoms with van der Waals surface area (Å²) in [7, 11) is 3.80. The number of unbranched alkanes of at least 4 members (excludes halogenated alkanes) is 1. The first-order valence-electron chi connectivity index (χ1n) is 8.47. The van der Waals surface area contributed by atoms with Crippen molar-refractivity contribution in [2.24, 2.45) is 0 Å². The van der Waals surface area contributed by atoms with Gasteiger partial charge in [0.15, 0.2) is 0 Å². The minimum atomic E-state index is -1.04. The highest BCUT2D eigenvalue weighted by atomic mass is 33.1.